The lowest BCUT2D eigenvalue weighted by Gasteiger charge is -2.59. The Morgan fingerprint density at radius 3 is 2.05 bits per heavy atom. The highest BCUT2D eigenvalue weighted by molar-refractivity contribution is 7.99. The third kappa shape index (κ3) is 7.87. The van der Waals surface area contributed by atoms with Crippen molar-refractivity contribution < 1.29 is 38.4 Å². The smallest absolute Gasteiger partial charge is 0.346 e. The van der Waals surface area contributed by atoms with Crippen LogP contribution in [-0.2, 0) is 33.3 Å². The maximum absolute atomic E-state index is 12.4. The van der Waals surface area contributed by atoms with E-state index < -0.39 is 28.7 Å². The van der Waals surface area contributed by atoms with Crippen LogP contribution < -0.4 is 0 Å². The van der Waals surface area contributed by atoms with Gasteiger partial charge in [0, 0.05) is 12.2 Å². The van der Waals surface area contributed by atoms with Crippen LogP contribution in [-0.4, -0.2) is 64.7 Å². The molecule has 1 saturated heterocycles. The minimum absolute atomic E-state index is 0.0677. The first-order chi connectivity index (χ1) is 17.6. The average molecular weight is 557 g/mol. The van der Waals surface area contributed by atoms with Crippen molar-refractivity contribution >= 4 is 29.7 Å². The number of rotatable bonds is 8. The molecule has 4 aliphatic carbocycles. The Bertz CT molecular complexity index is 855. The molecule has 4 unspecified atom stereocenters. The SMILES string of the molecule is CCC(C)(C)C(=O)OC12CC3CC(CC(O)(C3)C1)C2.CCC(C)(C)C(=O)OCC(=O)OC1CSCC(C)O1. The summed E-state index contributed by atoms with van der Waals surface area (Å²) in [6.07, 6.45) is 6.63. The van der Waals surface area contributed by atoms with E-state index in [4.69, 9.17) is 18.9 Å². The highest BCUT2D eigenvalue weighted by Crippen LogP contribution is 2.59. The van der Waals surface area contributed by atoms with Gasteiger partial charge in [-0.15, -0.1) is 0 Å². The molecule has 0 aromatic carbocycles. The molecule has 1 heterocycles. The van der Waals surface area contributed by atoms with Crippen LogP contribution in [0.4, 0.5) is 0 Å². The topological polar surface area (TPSA) is 108 Å². The van der Waals surface area contributed by atoms with Crippen LogP contribution in [0.2, 0.25) is 0 Å². The van der Waals surface area contributed by atoms with Gasteiger partial charge in [-0.3, -0.25) is 9.59 Å². The molecule has 5 aliphatic rings. The van der Waals surface area contributed by atoms with Gasteiger partial charge in [0.05, 0.1) is 28.3 Å². The molecule has 0 radical (unpaired) electrons. The molecule has 1 aliphatic heterocycles. The molecule has 8 nitrogen and oxygen atoms in total. The summed E-state index contributed by atoms with van der Waals surface area (Å²) in [7, 11) is 0. The van der Waals surface area contributed by atoms with Gasteiger partial charge in [0.1, 0.15) is 5.60 Å². The number of ether oxygens (including phenoxy) is 4. The van der Waals surface area contributed by atoms with Crippen LogP contribution in [0.3, 0.4) is 0 Å². The van der Waals surface area contributed by atoms with Crippen molar-refractivity contribution in [3.8, 4) is 0 Å². The predicted octanol–water partition coefficient (Wildman–Crippen LogP) is 5.04. The number of esters is 3. The van der Waals surface area contributed by atoms with Crippen molar-refractivity contribution in [3.05, 3.63) is 0 Å². The van der Waals surface area contributed by atoms with E-state index in [0.717, 1.165) is 37.9 Å². The molecule has 5 rings (SSSR count). The van der Waals surface area contributed by atoms with Crippen LogP contribution in [0, 0.1) is 22.7 Å². The number of hydrogen-bond acceptors (Lipinski definition) is 9. The molecular formula is C29H48O8S. The van der Waals surface area contributed by atoms with Crippen LogP contribution in [0.15, 0.2) is 0 Å². The minimum atomic E-state index is -0.577. The summed E-state index contributed by atoms with van der Waals surface area (Å²) in [5.41, 5.74) is -1.90. The van der Waals surface area contributed by atoms with E-state index in [2.05, 4.69) is 0 Å². The fourth-order valence-electron chi connectivity index (χ4n) is 6.10. The lowest BCUT2D eigenvalue weighted by molar-refractivity contribution is -0.225. The lowest BCUT2D eigenvalue weighted by Crippen LogP contribution is -2.61. The minimum Gasteiger partial charge on any atom is -0.459 e. The second-order valence-corrected chi connectivity index (χ2v) is 14.3. The molecule has 38 heavy (non-hydrogen) atoms. The maximum atomic E-state index is 12.4. The highest BCUT2D eigenvalue weighted by atomic mass is 32.2. The Morgan fingerprint density at radius 1 is 0.947 bits per heavy atom. The van der Waals surface area contributed by atoms with Crippen molar-refractivity contribution in [2.45, 2.75) is 123 Å². The summed E-state index contributed by atoms with van der Waals surface area (Å²) >= 11 is 1.68. The van der Waals surface area contributed by atoms with Gasteiger partial charge in [-0.1, -0.05) is 13.8 Å². The van der Waals surface area contributed by atoms with Crippen molar-refractivity contribution in [1.29, 1.82) is 0 Å². The Hall–Kier alpha value is -1.32. The third-order valence-corrected chi connectivity index (χ3v) is 9.95. The van der Waals surface area contributed by atoms with Gasteiger partial charge in [-0.2, -0.15) is 11.8 Å². The van der Waals surface area contributed by atoms with E-state index in [1.54, 1.807) is 25.6 Å². The summed E-state index contributed by atoms with van der Waals surface area (Å²) < 4.78 is 21.5. The quantitative estimate of drug-likeness (QED) is 0.325. The molecule has 4 atom stereocenters. The molecule has 0 spiro atoms. The van der Waals surface area contributed by atoms with Crippen LogP contribution in [0.25, 0.3) is 0 Å². The van der Waals surface area contributed by atoms with Gasteiger partial charge in [-0.05, 0) is 91.4 Å². The van der Waals surface area contributed by atoms with Crippen LogP contribution in [0.5, 0.6) is 0 Å². The van der Waals surface area contributed by atoms with Crippen molar-refractivity contribution in [2.75, 3.05) is 18.1 Å². The average Bonchev–Trinajstić information content (AvgIpc) is 2.81. The molecule has 1 N–H and O–H groups in total. The molecule has 4 saturated carbocycles. The van der Waals surface area contributed by atoms with Gasteiger partial charge in [0.2, 0.25) is 6.29 Å². The van der Waals surface area contributed by atoms with E-state index in [1.807, 2.05) is 34.6 Å². The zero-order chi connectivity index (χ0) is 28.4. The fourth-order valence-corrected chi connectivity index (χ4v) is 6.99. The number of carbonyl (C=O) groups excluding carboxylic acids is 3. The number of carbonyl (C=O) groups is 3. The highest BCUT2D eigenvalue weighted by Gasteiger charge is 2.59. The Balaban J connectivity index is 0.000000211. The molecule has 218 valence electrons. The first kappa shape index (κ1) is 31.2. The first-order valence-corrected chi connectivity index (χ1v) is 15.3. The molecule has 0 aromatic heterocycles. The molecular weight excluding hydrogens is 508 g/mol. The summed E-state index contributed by atoms with van der Waals surface area (Å²) in [4.78, 5) is 35.6. The molecule has 0 amide bonds. The van der Waals surface area contributed by atoms with E-state index in [0.29, 0.717) is 30.4 Å². The van der Waals surface area contributed by atoms with Crippen molar-refractivity contribution in [1.82, 2.24) is 0 Å². The summed E-state index contributed by atoms with van der Waals surface area (Å²) in [5.74, 6) is 1.59. The van der Waals surface area contributed by atoms with Crippen molar-refractivity contribution in [2.24, 2.45) is 22.7 Å². The maximum Gasteiger partial charge on any atom is 0.346 e. The molecule has 0 aromatic rings. The normalized spacial score (nSPS) is 34.1. The van der Waals surface area contributed by atoms with Gasteiger partial charge in [0.15, 0.2) is 6.61 Å². The first-order valence-electron chi connectivity index (χ1n) is 14.2. The number of thioether (sulfide) groups is 1. The predicted molar refractivity (Wildman–Crippen MR) is 145 cm³/mol. The monoisotopic (exact) mass is 556 g/mol. The van der Waals surface area contributed by atoms with Gasteiger partial charge >= 0.3 is 17.9 Å². The van der Waals surface area contributed by atoms with Crippen molar-refractivity contribution in [3.63, 3.8) is 0 Å². The summed E-state index contributed by atoms with van der Waals surface area (Å²) in [6, 6.07) is 0. The summed E-state index contributed by atoms with van der Waals surface area (Å²) in [6.45, 7) is 12.9. The molecule has 9 heteroatoms. The molecule has 4 bridgehead atoms. The van der Waals surface area contributed by atoms with E-state index >= 15 is 0 Å². The Morgan fingerprint density at radius 2 is 1.53 bits per heavy atom. The third-order valence-electron chi connectivity index (χ3n) is 8.73. The van der Waals surface area contributed by atoms with Gasteiger partial charge < -0.3 is 24.1 Å². The lowest BCUT2D eigenvalue weighted by atomic mass is 9.52. The number of aliphatic hydroxyl groups is 1. The number of hydrogen-bond donors (Lipinski definition) is 1. The Kier molecular flexibility index (Phi) is 9.90. The van der Waals surface area contributed by atoms with E-state index in [1.165, 1.54) is 6.42 Å². The largest absolute Gasteiger partial charge is 0.459 e. The van der Waals surface area contributed by atoms with Gasteiger partial charge in [-0.25, -0.2) is 4.79 Å². The second-order valence-electron chi connectivity index (χ2n) is 13.2. The van der Waals surface area contributed by atoms with Gasteiger partial charge in [0.25, 0.3) is 0 Å². The van der Waals surface area contributed by atoms with E-state index in [-0.39, 0.29) is 30.3 Å². The standard InChI is InChI=1S/C16H26O3.C13H22O5S/c1-4-14(2,3)13(17)19-16-8-11-5-12(9-16)7-15(18,6-11)10-16;1-5-13(3,4)12(15)16-6-10(14)18-11-8-19-7-9(2)17-11/h11-12,18H,4-10H2,1-3H3;9,11H,5-8H2,1-4H3. The van der Waals surface area contributed by atoms with Crippen LogP contribution >= 0.6 is 11.8 Å². The second kappa shape index (κ2) is 12.0. The van der Waals surface area contributed by atoms with Crippen LogP contribution in [0.1, 0.15) is 99.8 Å². The fraction of sp³-hybridized carbons (Fsp3) is 0.897. The summed E-state index contributed by atoms with van der Waals surface area (Å²) in [5, 5.41) is 10.6. The Labute approximate surface area is 232 Å². The zero-order valence-corrected chi connectivity index (χ0v) is 25.1. The zero-order valence-electron chi connectivity index (χ0n) is 24.3. The molecule has 5 fully saturated rings. The van der Waals surface area contributed by atoms with E-state index in [9.17, 15) is 19.5 Å².